The Labute approximate surface area is 167 Å². The topological polar surface area (TPSA) is 74.8 Å². The minimum Gasteiger partial charge on any atom is -0.266 e. The standard InChI is InChI=1S/C20H26N2O4S2/c1-15(2)16-7-9-18(10-8-16)28(25,26)22-13-5-6-17-14-19(11-12-20(17)22)27(23,24)21(3)4/h7-12,14-15H,5-6,13H2,1-4H3. The number of hydrogen-bond donors (Lipinski definition) is 0. The van der Waals surface area contributed by atoms with E-state index >= 15 is 0 Å². The van der Waals surface area contributed by atoms with Crippen LogP contribution in [0.4, 0.5) is 5.69 Å². The lowest BCUT2D eigenvalue weighted by Crippen LogP contribution is -2.35. The Bertz CT molecular complexity index is 1070. The monoisotopic (exact) mass is 422 g/mol. The van der Waals surface area contributed by atoms with E-state index in [-0.39, 0.29) is 9.79 Å². The van der Waals surface area contributed by atoms with Crippen LogP contribution in [0, 0.1) is 0 Å². The Kier molecular flexibility index (Phi) is 5.58. The van der Waals surface area contributed by atoms with Crippen molar-refractivity contribution in [3.63, 3.8) is 0 Å². The number of hydrogen-bond acceptors (Lipinski definition) is 4. The summed E-state index contributed by atoms with van der Waals surface area (Å²) in [5.74, 6) is 0.324. The average Bonchev–Trinajstić information content (AvgIpc) is 2.66. The maximum atomic E-state index is 13.2. The van der Waals surface area contributed by atoms with E-state index in [0.29, 0.717) is 31.0 Å². The first-order valence-corrected chi connectivity index (χ1v) is 12.1. The zero-order valence-corrected chi connectivity index (χ0v) is 18.2. The summed E-state index contributed by atoms with van der Waals surface area (Å²) < 4.78 is 53.8. The molecule has 0 radical (unpaired) electrons. The van der Waals surface area contributed by atoms with Crippen molar-refractivity contribution in [3.8, 4) is 0 Å². The molecule has 3 rings (SSSR count). The molecule has 0 spiro atoms. The Morgan fingerprint density at radius 2 is 1.54 bits per heavy atom. The molecule has 0 atom stereocenters. The summed E-state index contributed by atoms with van der Waals surface area (Å²) in [5.41, 5.74) is 2.37. The molecule has 0 saturated heterocycles. The lowest BCUT2D eigenvalue weighted by molar-refractivity contribution is 0.520. The van der Waals surface area contributed by atoms with Gasteiger partial charge in [-0.15, -0.1) is 0 Å². The first-order chi connectivity index (χ1) is 13.0. The second-order valence-corrected chi connectivity index (χ2v) is 11.5. The molecule has 152 valence electrons. The van der Waals surface area contributed by atoms with Crippen molar-refractivity contribution in [2.75, 3.05) is 24.9 Å². The van der Waals surface area contributed by atoms with Crippen molar-refractivity contribution in [1.82, 2.24) is 4.31 Å². The van der Waals surface area contributed by atoms with Crippen LogP contribution in [0.25, 0.3) is 0 Å². The zero-order valence-electron chi connectivity index (χ0n) is 16.6. The second-order valence-electron chi connectivity index (χ2n) is 7.48. The maximum absolute atomic E-state index is 13.2. The maximum Gasteiger partial charge on any atom is 0.264 e. The minimum atomic E-state index is -3.71. The fourth-order valence-corrected chi connectivity index (χ4v) is 5.81. The van der Waals surface area contributed by atoms with Crippen LogP contribution in [-0.4, -0.2) is 41.8 Å². The van der Waals surface area contributed by atoms with Crippen LogP contribution in [-0.2, 0) is 26.5 Å². The van der Waals surface area contributed by atoms with Crippen LogP contribution in [0.3, 0.4) is 0 Å². The number of anilines is 1. The zero-order chi connectivity index (χ0) is 20.7. The summed E-state index contributed by atoms with van der Waals surface area (Å²) in [5, 5.41) is 0. The molecule has 0 fully saturated rings. The van der Waals surface area contributed by atoms with Crippen LogP contribution in [0.2, 0.25) is 0 Å². The quantitative estimate of drug-likeness (QED) is 0.742. The molecule has 0 amide bonds. The van der Waals surface area contributed by atoms with Crippen LogP contribution >= 0.6 is 0 Å². The Morgan fingerprint density at radius 3 is 2.11 bits per heavy atom. The van der Waals surface area contributed by atoms with Crippen LogP contribution in [0.5, 0.6) is 0 Å². The summed E-state index contributed by atoms with van der Waals surface area (Å²) in [6.45, 7) is 4.49. The molecule has 0 saturated carbocycles. The first kappa shape index (κ1) is 20.8. The molecule has 6 nitrogen and oxygen atoms in total. The molecule has 1 aliphatic heterocycles. The van der Waals surface area contributed by atoms with Gasteiger partial charge in [-0.1, -0.05) is 26.0 Å². The average molecular weight is 423 g/mol. The normalized spacial score (nSPS) is 15.1. The number of aryl methyl sites for hydroxylation is 1. The highest BCUT2D eigenvalue weighted by molar-refractivity contribution is 7.92. The highest BCUT2D eigenvalue weighted by atomic mass is 32.2. The van der Waals surface area contributed by atoms with Gasteiger partial charge in [0, 0.05) is 20.6 Å². The second kappa shape index (κ2) is 7.50. The summed E-state index contributed by atoms with van der Waals surface area (Å²) in [4.78, 5) is 0.423. The first-order valence-electron chi connectivity index (χ1n) is 9.23. The summed E-state index contributed by atoms with van der Waals surface area (Å²) in [7, 11) is -4.32. The van der Waals surface area contributed by atoms with E-state index in [1.165, 1.54) is 24.5 Å². The van der Waals surface area contributed by atoms with Gasteiger partial charge in [0.1, 0.15) is 0 Å². The number of rotatable bonds is 5. The SMILES string of the molecule is CC(C)c1ccc(S(=O)(=O)N2CCCc3cc(S(=O)(=O)N(C)C)ccc32)cc1. The predicted octanol–water partition coefficient (Wildman–Crippen LogP) is 3.20. The molecule has 28 heavy (non-hydrogen) atoms. The smallest absolute Gasteiger partial charge is 0.264 e. The summed E-state index contributed by atoms with van der Waals surface area (Å²) >= 11 is 0. The third kappa shape index (κ3) is 3.68. The van der Waals surface area contributed by atoms with E-state index in [2.05, 4.69) is 13.8 Å². The molecule has 0 N–H and O–H groups in total. The van der Waals surface area contributed by atoms with Crippen LogP contribution < -0.4 is 4.31 Å². The van der Waals surface area contributed by atoms with Crippen molar-refractivity contribution in [3.05, 3.63) is 53.6 Å². The Balaban J connectivity index is 2.02. The van der Waals surface area contributed by atoms with Crippen molar-refractivity contribution >= 4 is 25.7 Å². The highest BCUT2D eigenvalue weighted by Crippen LogP contribution is 2.34. The molecule has 2 aromatic carbocycles. The van der Waals surface area contributed by atoms with Gasteiger partial charge >= 0.3 is 0 Å². The van der Waals surface area contributed by atoms with Gasteiger partial charge in [-0.2, -0.15) is 0 Å². The Hall–Kier alpha value is -1.90. The molecule has 0 aromatic heterocycles. The van der Waals surface area contributed by atoms with E-state index in [1.54, 1.807) is 24.3 Å². The van der Waals surface area contributed by atoms with Gasteiger partial charge in [-0.25, -0.2) is 21.1 Å². The van der Waals surface area contributed by atoms with Gasteiger partial charge in [0.25, 0.3) is 10.0 Å². The van der Waals surface area contributed by atoms with E-state index in [0.717, 1.165) is 15.4 Å². The fraction of sp³-hybridized carbons (Fsp3) is 0.400. The van der Waals surface area contributed by atoms with Gasteiger partial charge in [-0.05, 0) is 60.2 Å². The molecular formula is C20H26N2O4S2. The molecule has 8 heteroatoms. The van der Waals surface area contributed by atoms with E-state index < -0.39 is 20.0 Å². The summed E-state index contributed by atoms with van der Waals surface area (Å²) in [6.07, 6.45) is 1.28. The fourth-order valence-electron chi connectivity index (χ4n) is 3.31. The van der Waals surface area contributed by atoms with E-state index in [1.807, 2.05) is 12.1 Å². The van der Waals surface area contributed by atoms with Crippen molar-refractivity contribution < 1.29 is 16.8 Å². The van der Waals surface area contributed by atoms with E-state index in [4.69, 9.17) is 0 Å². The third-order valence-electron chi connectivity index (χ3n) is 5.04. The molecule has 1 heterocycles. The number of nitrogens with zero attached hydrogens (tertiary/aromatic N) is 2. The van der Waals surface area contributed by atoms with Gasteiger partial charge in [0.05, 0.1) is 15.5 Å². The lowest BCUT2D eigenvalue weighted by atomic mass is 10.0. The predicted molar refractivity (Wildman–Crippen MR) is 111 cm³/mol. The van der Waals surface area contributed by atoms with Gasteiger partial charge in [0.15, 0.2) is 0 Å². The summed E-state index contributed by atoms with van der Waals surface area (Å²) in [6, 6.07) is 11.6. The van der Waals surface area contributed by atoms with Gasteiger partial charge < -0.3 is 0 Å². The molecule has 1 aliphatic rings. The van der Waals surface area contributed by atoms with Crippen LogP contribution in [0.15, 0.2) is 52.3 Å². The highest BCUT2D eigenvalue weighted by Gasteiger charge is 2.30. The molecule has 2 aromatic rings. The largest absolute Gasteiger partial charge is 0.266 e. The number of sulfonamides is 2. The van der Waals surface area contributed by atoms with Crippen molar-refractivity contribution in [2.45, 2.75) is 42.4 Å². The molecule has 0 unspecified atom stereocenters. The Morgan fingerprint density at radius 1 is 0.929 bits per heavy atom. The lowest BCUT2D eigenvalue weighted by Gasteiger charge is -2.31. The minimum absolute atomic E-state index is 0.178. The van der Waals surface area contributed by atoms with Crippen LogP contribution in [0.1, 0.15) is 37.3 Å². The number of fused-ring (bicyclic) bond motifs is 1. The van der Waals surface area contributed by atoms with E-state index in [9.17, 15) is 16.8 Å². The molecular weight excluding hydrogens is 396 g/mol. The van der Waals surface area contributed by atoms with Gasteiger partial charge in [-0.3, -0.25) is 4.31 Å². The van der Waals surface area contributed by atoms with Crippen molar-refractivity contribution in [2.24, 2.45) is 0 Å². The molecule has 0 bridgehead atoms. The third-order valence-corrected chi connectivity index (χ3v) is 8.68. The molecule has 0 aliphatic carbocycles. The van der Waals surface area contributed by atoms with Crippen molar-refractivity contribution in [1.29, 1.82) is 0 Å². The number of benzene rings is 2. The van der Waals surface area contributed by atoms with Gasteiger partial charge in [0.2, 0.25) is 10.0 Å².